The highest BCUT2D eigenvalue weighted by molar-refractivity contribution is 7.71. The van der Waals surface area contributed by atoms with Crippen molar-refractivity contribution in [2.75, 3.05) is 18.4 Å². The fourth-order valence-electron chi connectivity index (χ4n) is 2.45. The molecule has 0 aliphatic heterocycles. The van der Waals surface area contributed by atoms with Gasteiger partial charge in [0.05, 0.1) is 12.1 Å². The normalized spacial score (nSPS) is 11.2. The second kappa shape index (κ2) is 7.27. The van der Waals surface area contributed by atoms with Crippen molar-refractivity contribution in [3.63, 3.8) is 0 Å². The van der Waals surface area contributed by atoms with Crippen molar-refractivity contribution in [3.8, 4) is 5.88 Å². The number of aromatic amines is 2. The maximum absolute atomic E-state index is 11.7. The van der Waals surface area contributed by atoms with Crippen molar-refractivity contribution in [2.45, 2.75) is 6.92 Å². The lowest BCUT2D eigenvalue weighted by Crippen LogP contribution is -2.14. The van der Waals surface area contributed by atoms with Gasteiger partial charge in [0.15, 0.2) is 4.77 Å². The second-order valence-corrected chi connectivity index (χ2v) is 5.88. The van der Waals surface area contributed by atoms with Gasteiger partial charge in [-0.3, -0.25) is 14.8 Å². The van der Waals surface area contributed by atoms with E-state index in [9.17, 15) is 9.90 Å². The maximum Gasteiger partial charge on any atom is 0.264 e. The van der Waals surface area contributed by atoms with Gasteiger partial charge in [-0.15, -0.1) is 0 Å². The first-order valence-corrected chi connectivity index (χ1v) is 8.11. The first-order valence-electron chi connectivity index (χ1n) is 7.70. The van der Waals surface area contributed by atoms with E-state index in [1.54, 1.807) is 0 Å². The van der Waals surface area contributed by atoms with Crippen LogP contribution in [0.25, 0.3) is 10.9 Å². The fourth-order valence-corrected chi connectivity index (χ4v) is 2.64. The highest BCUT2D eigenvalue weighted by Gasteiger charge is 2.04. The van der Waals surface area contributed by atoms with Gasteiger partial charge >= 0.3 is 0 Å². The zero-order chi connectivity index (χ0) is 17.8. The van der Waals surface area contributed by atoms with Crippen LogP contribution in [0, 0.1) is 11.7 Å². The topological polar surface area (TPSA) is 106 Å². The summed E-state index contributed by atoms with van der Waals surface area (Å²) < 4.78 is 0.0686. The summed E-state index contributed by atoms with van der Waals surface area (Å²) in [6.07, 6.45) is 1.32. The summed E-state index contributed by atoms with van der Waals surface area (Å²) in [5, 5.41) is 14.0. The van der Waals surface area contributed by atoms with Gasteiger partial charge in [0, 0.05) is 18.1 Å². The van der Waals surface area contributed by atoms with Crippen molar-refractivity contribution >= 4 is 35.2 Å². The largest absolute Gasteiger partial charge is 0.494 e. The van der Waals surface area contributed by atoms with Crippen molar-refractivity contribution in [1.29, 1.82) is 0 Å². The van der Waals surface area contributed by atoms with Crippen LogP contribution in [0.15, 0.2) is 40.1 Å². The number of aromatic hydroxyl groups is 1. The molecule has 8 heteroatoms. The lowest BCUT2D eigenvalue weighted by molar-refractivity contribution is 0.449. The minimum absolute atomic E-state index is 0.0493. The van der Waals surface area contributed by atoms with Crippen molar-refractivity contribution < 1.29 is 5.11 Å². The zero-order valence-corrected chi connectivity index (χ0v) is 14.4. The molecule has 0 radical (unpaired) electrons. The number of para-hydroxylation sites is 1. The second-order valence-electron chi connectivity index (χ2n) is 5.47. The number of pyridine rings is 1. The van der Waals surface area contributed by atoms with E-state index in [2.05, 4.69) is 25.3 Å². The molecule has 0 saturated carbocycles. The average Bonchev–Trinajstić information content (AvgIpc) is 2.56. The molecule has 0 aliphatic rings. The van der Waals surface area contributed by atoms with E-state index in [0.717, 1.165) is 22.3 Å². The predicted molar refractivity (Wildman–Crippen MR) is 101 cm³/mol. The molecule has 0 bridgehead atoms. The van der Waals surface area contributed by atoms with Crippen LogP contribution in [0.2, 0.25) is 0 Å². The number of anilines is 1. The Hall–Kier alpha value is -3.00. The highest BCUT2D eigenvalue weighted by Crippen LogP contribution is 2.19. The molecule has 0 spiro atoms. The molecular weight excluding hydrogens is 338 g/mol. The van der Waals surface area contributed by atoms with E-state index in [1.807, 2.05) is 37.3 Å². The molecule has 0 aliphatic carbocycles. The Morgan fingerprint density at radius 1 is 1.36 bits per heavy atom. The van der Waals surface area contributed by atoms with Gasteiger partial charge in [0.1, 0.15) is 11.4 Å². The number of nitrogens with zero attached hydrogens (tertiary/aromatic N) is 2. The molecule has 2 heterocycles. The monoisotopic (exact) mass is 355 g/mol. The smallest absolute Gasteiger partial charge is 0.264 e. The molecule has 128 valence electrons. The quantitative estimate of drug-likeness (QED) is 0.320. The number of rotatable bonds is 5. The number of aliphatic imine (C=N–C) groups is 1. The number of nitrogens with one attached hydrogen (secondary N) is 3. The number of benzene rings is 1. The van der Waals surface area contributed by atoms with Crippen molar-refractivity contribution in [1.82, 2.24) is 15.0 Å². The van der Waals surface area contributed by atoms with Crippen LogP contribution in [0.5, 0.6) is 5.88 Å². The SMILES string of the molecule is Cc1cc(NCCN=Cc2c(O)[nH]c(=S)[nH]c2=O)nc2ccccc12. The van der Waals surface area contributed by atoms with Gasteiger partial charge in [0.25, 0.3) is 5.56 Å². The first kappa shape index (κ1) is 16.8. The summed E-state index contributed by atoms with van der Waals surface area (Å²) in [5.41, 5.74) is 1.65. The Morgan fingerprint density at radius 2 is 2.16 bits per heavy atom. The van der Waals surface area contributed by atoms with Crippen LogP contribution >= 0.6 is 12.2 Å². The zero-order valence-electron chi connectivity index (χ0n) is 13.5. The number of hydrogen-bond acceptors (Lipinski definition) is 6. The van der Waals surface area contributed by atoms with Crippen LogP contribution in [0.1, 0.15) is 11.1 Å². The fraction of sp³-hybridized carbons (Fsp3) is 0.176. The standard InChI is InChI=1S/C17H17N5O2S/c1-10-8-14(20-13-5-3-2-4-11(10)13)19-7-6-18-9-12-15(23)21-17(25)22-16(12)24/h2-5,8-9H,6-7H2,1H3,(H,19,20)(H3,21,22,23,24,25). The van der Waals surface area contributed by atoms with Crippen molar-refractivity contribution in [2.24, 2.45) is 4.99 Å². The van der Waals surface area contributed by atoms with Crippen LogP contribution in [-0.4, -0.2) is 39.4 Å². The maximum atomic E-state index is 11.7. The number of fused-ring (bicyclic) bond motifs is 1. The molecule has 0 amide bonds. The Labute approximate surface area is 148 Å². The molecule has 3 rings (SSSR count). The Kier molecular flexibility index (Phi) is 4.90. The summed E-state index contributed by atoms with van der Waals surface area (Å²) >= 11 is 4.77. The molecule has 25 heavy (non-hydrogen) atoms. The van der Waals surface area contributed by atoms with E-state index in [-0.39, 0.29) is 16.2 Å². The molecule has 7 nitrogen and oxygen atoms in total. The minimum Gasteiger partial charge on any atom is -0.494 e. The number of aryl methyl sites for hydroxylation is 1. The van der Waals surface area contributed by atoms with E-state index in [0.29, 0.717) is 13.1 Å². The summed E-state index contributed by atoms with van der Waals surface area (Å²) in [6, 6.07) is 9.95. The third-order valence-corrected chi connectivity index (χ3v) is 3.85. The van der Waals surface area contributed by atoms with Crippen LogP contribution in [0.4, 0.5) is 5.82 Å². The molecule has 1 aromatic carbocycles. The molecule has 2 aromatic heterocycles. The molecule has 0 atom stereocenters. The van der Waals surface area contributed by atoms with Gasteiger partial charge in [-0.1, -0.05) is 18.2 Å². The lowest BCUT2D eigenvalue weighted by atomic mass is 10.1. The average molecular weight is 355 g/mol. The molecule has 0 saturated heterocycles. The summed E-state index contributed by atoms with van der Waals surface area (Å²) in [6.45, 7) is 3.01. The lowest BCUT2D eigenvalue weighted by Gasteiger charge is -2.07. The molecular formula is C17H17N5O2S. The Morgan fingerprint density at radius 3 is 2.96 bits per heavy atom. The Balaban J connectivity index is 1.64. The van der Waals surface area contributed by atoms with Crippen molar-refractivity contribution in [3.05, 3.63) is 56.6 Å². The molecule has 0 fully saturated rings. The van der Waals surface area contributed by atoms with Gasteiger partial charge in [-0.2, -0.15) is 0 Å². The van der Waals surface area contributed by atoms with Crippen LogP contribution in [-0.2, 0) is 0 Å². The van der Waals surface area contributed by atoms with E-state index in [1.165, 1.54) is 6.21 Å². The van der Waals surface area contributed by atoms with Gasteiger partial charge < -0.3 is 15.4 Å². The third kappa shape index (κ3) is 3.92. The first-order chi connectivity index (χ1) is 12.0. The minimum atomic E-state index is -0.482. The van der Waals surface area contributed by atoms with E-state index in [4.69, 9.17) is 12.2 Å². The Bertz CT molecular complexity index is 1050. The van der Waals surface area contributed by atoms with E-state index >= 15 is 0 Å². The number of aromatic nitrogens is 3. The molecule has 4 N–H and O–H groups in total. The molecule has 0 unspecified atom stereocenters. The summed E-state index contributed by atoms with van der Waals surface area (Å²) in [5.74, 6) is 0.480. The summed E-state index contributed by atoms with van der Waals surface area (Å²) in [7, 11) is 0. The van der Waals surface area contributed by atoms with Gasteiger partial charge in [0.2, 0.25) is 5.88 Å². The predicted octanol–water partition coefficient (Wildman–Crippen LogP) is 2.53. The van der Waals surface area contributed by atoms with Gasteiger partial charge in [-0.25, -0.2) is 4.98 Å². The van der Waals surface area contributed by atoms with E-state index < -0.39 is 5.56 Å². The van der Waals surface area contributed by atoms with Gasteiger partial charge in [-0.05, 0) is 36.8 Å². The van der Waals surface area contributed by atoms with Crippen LogP contribution < -0.4 is 10.9 Å². The van der Waals surface area contributed by atoms with Crippen LogP contribution in [0.3, 0.4) is 0 Å². The third-order valence-electron chi connectivity index (χ3n) is 3.65. The summed E-state index contributed by atoms with van der Waals surface area (Å²) in [4.78, 5) is 25.3. The number of H-pyrrole nitrogens is 2. The molecule has 3 aromatic rings. The highest BCUT2D eigenvalue weighted by atomic mass is 32.1. The number of hydrogen-bond donors (Lipinski definition) is 4.